The largest absolute Gasteiger partial charge is 0.466 e. The number of likely N-dealkylation sites (tertiary alicyclic amines) is 1. The van der Waals surface area contributed by atoms with Crippen molar-refractivity contribution in [2.75, 3.05) is 26.2 Å². The molecule has 0 bridgehead atoms. The van der Waals surface area contributed by atoms with Crippen molar-refractivity contribution >= 4 is 5.97 Å². The maximum Gasteiger partial charge on any atom is 0.310 e. The average Bonchev–Trinajstić information content (AvgIpc) is 2.39. The minimum absolute atomic E-state index is 0.00569. The van der Waals surface area contributed by atoms with Gasteiger partial charge in [0, 0.05) is 6.54 Å². The monoisotopic (exact) mass is 253 g/mol. The number of allylic oxidation sites excluding steroid dienone is 1. The summed E-state index contributed by atoms with van der Waals surface area (Å²) in [5, 5.41) is 0. The Morgan fingerprint density at radius 2 is 2.28 bits per heavy atom. The minimum atomic E-state index is -0.00569. The number of hydrogen-bond donors (Lipinski definition) is 0. The second-order valence-corrected chi connectivity index (χ2v) is 5.03. The van der Waals surface area contributed by atoms with E-state index in [1.165, 1.54) is 19.3 Å². The molecule has 1 rings (SSSR count). The molecule has 0 spiro atoms. The van der Waals surface area contributed by atoms with Crippen LogP contribution in [0.4, 0.5) is 0 Å². The van der Waals surface area contributed by atoms with Crippen LogP contribution in [0.15, 0.2) is 12.7 Å². The van der Waals surface area contributed by atoms with Crippen LogP contribution >= 0.6 is 0 Å². The molecule has 0 aromatic heterocycles. The maximum absolute atomic E-state index is 11.7. The number of nitrogens with zero attached hydrogens (tertiary/aromatic N) is 1. The molecular formula is C15H27NO2. The summed E-state index contributed by atoms with van der Waals surface area (Å²) in [4.78, 5) is 14.1. The van der Waals surface area contributed by atoms with E-state index in [2.05, 4.69) is 11.5 Å². The van der Waals surface area contributed by atoms with Crippen molar-refractivity contribution in [1.82, 2.24) is 4.90 Å². The highest BCUT2D eigenvalue weighted by Crippen LogP contribution is 2.18. The van der Waals surface area contributed by atoms with Crippen molar-refractivity contribution in [3.8, 4) is 0 Å². The molecule has 1 aliphatic rings. The number of ether oxygens (including phenoxy) is 1. The molecular weight excluding hydrogens is 226 g/mol. The third-order valence-corrected chi connectivity index (χ3v) is 3.51. The predicted octanol–water partition coefficient (Wildman–Crippen LogP) is 3.01. The molecule has 0 radical (unpaired) electrons. The van der Waals surface area contributed by atoms with Gasteiger partial charge in [-0.05, 0) is 52.1 Å². The molecule has 1 heterocycles. The lowest BCUT2D eigenvalue weighted by Gasteiger charge is -2.31. The first-order valence-electron chi connectivity index (χ1n) is 7.27. The number of carbonyl (C=O) groups excluding carboxylic acids is 1. The van der Waals surface area contributed by atoms with Gasteiger partial charge in [0.1, 0.15) is 0 Å². The second kappa shape index (κ2) is 9.15. The Kier molecular flexibility index (Phi) is 7.74. The predicted molar refractivity (Wildman–Crippen MR) is 74.5 cm³/mol. The first-order chi connectivity index (χ1) is 8.77. The van der Waals surface area contributed by atoms with Gasteiger partial charge >= 0.3 is 5.97 Å². The molecule has 0 aromatic carbocycles. The van der Waals surface area contributed by atoms with E-state index in [1.54, 1.807) is 0 Å². The van der Waals surface area contributed by atoms with E-state index in [0.29, 0.717) is 6.61 Å². The van der Waals surface area contributed by atoms with Gasteiger partial charge in [0.25, 0.3) is 0 Å². The lowest BCUT2D eigenvalue weighted by molar-refractivity contribution is -0.149. The minimum Gasteiger partial charge on any atom is -0.466 e. The molecule has 104 valence electrons. The summed E-state index contributed by atoms with van der Waals surface area (Å²) in [6, 6.07) is 0. The molecule has 1 atom stereocenters. The molecule has 18 heavy (non-hydrogen) atoms. The van der Waals surface area contributed by atoms with Gasteiger partial charge in [0.05, 0.1) is 12.5 Å². The molecule has 0 unspecified atom stereocenters. The zero-order valence-electron chi connectivity index (χ0n) is 11.7. The zero-order chi connectivity index (χ0) is 13.2. The molecule has 0 aliphatic carbocycles. The van der Waals surface area contributed by atoms with Gasteiger partial charge in [-0.3, -0.25) is 4.79 Å². The smallest absolute Gasteiger partial charge is 0.310 e. The summed E-state index contributed by atoms with van der Waals surface area (Å²) in [5.74, 6) is 0.0979. The third-order valence-electron chi connectivity index (χ3n) is 3.51. The van der Waals surface area contributed by atoms with Crippen molar-refractivity contribution < 1.29 is 9.53 Å². The fraction of sp³-hybridized carbons (Fsp3) is 0.800. The van der Waals surface area contributed by atoms with Crippen LogP contribution in [-0.4, -0.2) is 37.1 Å². The quantitative estimate of drug-likeness (QED) is 0.378. The van der Waals surface area contributed by atoms with Gasteiger partial charge in [-0.2, -0.15) is 0 Å². The zero-order valence-corrected chi connectivity index (χ0v) is 11.7. The highest BCUT2D eigenvalue weighted by molar-refractivity contribution is 5.72. The van der Waals surface area contributed by atoms with Crippen LogP contribution in [0.3, 0.4) is 0 Å². The maximum atomic E-state index is 11.7. The third kappa shape index (κ3) is 5.67. The Bertz CT molecular complexity index is 253. The van der Waals surface area contributed by atoms with E-state index in [4.69, 9.17) is 4.74 Å². The number of hydrogen-bond acceptors (Lipinski definition) is 3. The summed E-state index contributed by atoms with van der Waals surface area (Å²) in [7, 11) is 0. The van der Waals surface area contributed by atoms with Gasteiger partial charge in [0.2, 0.25) is 0 Å². The summed E-state index contributed by atoms with van der Waals surface area (Å²) >= 11 is 0. The van der Waals surface area contributed by atoms with Crippen LogP contribution in [0.5, 0.6) is 0 Å². The van der Waals surface area contributed by atoms with Gasteiger partial charge in [-0.1, -0.05) is 12.5 Å². The fourth-order valence-corrected chi connectivity index (χ4v) is 2.51. The summed E-state index contributed by atoms with van der Waals surface area (Å²) in [6.07, 6.45) is 8.93. The number of piperidine rings is 1. The molecule has 1 fully saturated rings. The van der Waals surface area contributed by atoms with E-state index in [-0.39, 0.29) is 11.9 Å². The molecule has 0 saturated carbocycles. The van der Waals surface area contributed by atoms with Crippen LogP contribution < -0.4 is 0 Å². The number of unbranched alkanes of at least 4 members (excludes halogenated alkanes) is 3. The Morgan fingerprint density at radius 1 is 1.44 bits per heavy atom. The van der Waals surface area contributed by atoms with Gasteiger partial charge in [-0.15, -0.1) is 6.58 Å². The fourth-order valence-electron chi connectivity index (χ4n) is 2.51. The lowest BCUT2D eigenvalue weighted by atomic mass is 9.98. The molecule has 3 nitrogen and oxygen atoms in total. The van der Waals surface area contributed by atoms with Crippen molar-refractivity contribution in [3.05, 3.63) is 12.7 Å². The number of esters is 1. The van der Waals surface area contributed by atoms with Crippen LogP contribution in [0.2, 0.25) is 0 Å². The van der Waals surface area contributed by atoms with E-state index in [0.717, 1.165) is 38.9 Å². The van der Waals surface area contributed by atoms with E-state index >= 15 is 0 Å². The van der Waals surface area contributed by atoms with E-state index in [9.17, 15) is 4.79 Å². The van der Waals surface area contributed by atoms with Crippen LogP contribution in [-0.2, 0) is 9.53 Å². The Labute approximate surface area is 111 Å². The van der Waals surface area contributed by atoms with Gasteiger partial charge < -0.3 is 9.64 Å². The number of rotatable bonds is 8. The molecule has 3 heteroatoms. The normalized spacial score (nSPS) is 20.6. The first kappa shape index (κ1) is 15.2. The van der Waals surface area contributed by atoms with Crippen LogP contribution in [0.25, 0.3) is 0 Å². The first-order valence-corrected chi connectivity index (χ1v) is 7.27. The molecule has 0 aromatic rings. The summed E-state index contributed by atoms with van der Waals surface area (Å²) in [5.41, 5.74) is 0. The summed E-state index contributed by atoms with van der Waals surface area (Å²) < 4.78 is 5.11. The molecule has 0 amide bonds. The van der Waals surface area contributed by atoms with Crippen molar-refractivity contribution in [2.24, 2.45) is 5.92 Å². The standard InChI is InChI=1S/C15H27NO2/c1-3-5-6-7-8-11-16-12-9-10-14(13-16)15(17)18-4-2/h3,14H,1,4-13H2,2H3/t14-/m0/s1. The van der Waals surface area contributed by atoms with Crippen molar-refractivity contribution in [3.63, 3.8) is 0 Å². The molecule has 1 saturated heterocycles. The van der Waals surface area contributed by atoms with Crippen molar-refractivity contribution in [1.29, 1.82) is 0 Å². The Morgan fingerprint density at radius 3 is 3.00 bits per heavy atom. The molecule has 0 N–H and O–H groups in total. The van der Waals surface area contributed by atoms with Gasteiger partial charge in [0.15, 0.2) is 0 Å². The number of carbonyl (C=O) groups is 1. The Hall–Kier alpha value is -0.830. The Balaban J connectivity index is 2.18. The topological polar surface area (TPSA) is 29.5 Å². The van der Waals surface area contributed by atoms with Crippen LogP contribution in [0.1, 0.15) is 45.4 Å². The molecule has 1 aliphatic heterocycles. The van der Waals surface area contributed by atoms with Gasteiger partial charge in [-0.25, -0.2) is 0 Å². The highest BCUT2D eigenvalue weighted by Gasteiger charge is 2.26. The highest BCUT2D eigenvalue weighted by atomic mass is 16.5. The van der Waals surface area contributed by atoms with E-state index in [1.807, 2.05) is 13.0 Å². The van der Waals surface area contributed by atoms with Crippen LogP contribution in [0, 0.1) is 5.92 Å². The second-order valence-electron chi connectivity index (χ2n) is 5.03. The van der Waals surface area contributed by atoms with E-state index < -0.39 is 0 Å². The SMILES string of the molecule is C=CCCCCCN1CCC[C@H](C(=O)OCC)C1. The average molecular weight is 253 g/mol. The summed E-state index contributed by atoms with van der Waals surface area (Å²) in [6.45, 7) is 9.25. The van der Waals surface area contributed by atoms with Crippen molar-refractivity contribution in [2.45, 2.75) is 45.4 Å². The lowest BCUT2D eigenvalue weighted by Crippen LogP contribution is -2.39.